The van der Waals surface area contributed by atoms with Crippen LogP contribution in [0.5, 0.6) is 0 Å². The number of nitrogens with zero attached hydrogens (tertiary/aromatic N) is 1. The average Bonchev–Trinajstić information content (AvgIpc) is 3.11. The number of rotatable bonds is 4. The molecule has 1 fully saturated rings. The molecule has 0 atom stereocenters. The van der Waals surface area contributed by atoms with Gasteiger partial charge in [-0.3, -0.25) is 9.59 Å². The molecule has 0 radical (unpaired) electrons. The number of halogens is 1. The Labute approximate surface area is 145 Å². The van der Waals surface area contributed by atoms with Crippen LogP contribution < -0.4 is 10.2 Å². The molecular formula is C17H19ClN3O3+. The van der Waals surface area contributed by atoms with Gasteiger partial charge in [-0.1, -0.05) is 23.7 Å². The van der Waals surface area contributed by atoms with Gasteiger partial charge in [-0.2, -0.15) is 0 Å². The molecule has 1 aliphatic heterocycles. The van der Waals surface area contributed by atoms with Crippen molar-refractivity contribution < 1.29 is 18.9 Å². The fourth-order valence-electron chi connectivity index (χ4n) is 2.74. The number of hydrogen-bond acceptors (Lipinski definition) is 3. The van der Waals surface area contributed by atoms with Crippen molar-refractivity contribution in [1.82, 2.24) is 4.90 Å². The maximum absolute atomic E-state index is 12.2. The quantitative estimate of drug-likeness (QED) is 0.863. The molecule has 2 heterocycles. The van der Waals surface area contributed by atoms with Gasteiger partial charge in [0.15, 0.2) is 12.3 Å². The van der Waals surface area contributed by atoms with E-state index in [2.05, 4.69) is 5.32 Å². The first-order valence-corrected chi connectivity index (χ1v) is 8.22. The molecule has 6 nitrogen and oxygen atoms in total. The van der Waals surface area contributed by atoms with Gasteiger partial charge in [-0.15, -0.1) is 0 Å². The predicted octanol–water partition coefficient (Wildman–Crippen LogP) is 0.912. The molecular weight excluding hydrogens is 330 g/mol. The third-order valence-electron chi connectivity index (χ3n) is 4.05. The first-order chi connectivity index (χ1) is 11.6. The van der Waals surface area contributed by atoms with Crippen molar-refractivity contribution in [2.24, 2.45) is 0 Å². The number of nitrogens with one attached hydrogen (secondary N) is 2. The molecule has 0 aliphatic carbocycles. The number of para-hydroxylation sites is 1. The molecule has 1 saturated heterocycles. The van der Waals surface area contributed by atoms with Gasteiger partial charge in [0.2, 0.25) is 0 Å². The Morgan fingerprint density at radius 1 is 1.17 bits per heavy atom. The van der Waals surface area contributed by atoms with Gasteiger partial charge in [-0.05, 0) is 24.3 Å². The third kappa shape index (κ3) is 3.96. The predicted molar refractivity (Wildman–Crippen MR) is 90.3 cm³/mol. The molecule has 0 saturated carbocycles. The van der Waals surface area contributed by atoms with Crippen LogP contribution in [0.25, 0.3) is 0 Å². The highest BCUT2D eigenvalue weighted by Crippen LogP contribution is 2.19. The topological polar surface area (TPSA) is 67.0 Å². The van der Waals surface area contributed by atoms with Crippen LogP contribution >= 0.6 is 11.6 Å². The maximum Gasteiger partial charge on any atom is 0.289 e. The molecule has 0 spiro atoms. The molecule has 2 N–H and O–H groups in total. The van der Waals surface area contributed by atoms with Gasteiger partial charge in [0.25, 0.3) is 11.8 Å². The lowest BCUT2D eigenvalue weighted by Crippen LogP contribution is -3.15. The number of furan rings is 1. The highest BCUT2D eigenvalue weighted by atomic mass is 35.5. The van der Waals surface area contributed by atoms with Crippen LogP contribution in [0.4, 0.5) is 5.69 Å². The standard InChI is InChI=1S/C17H18ClN3O3/c18-13-4-1-2-5-14(13)19-16(22)12-20-7-9-21(10-8-20)17(23)15-6-3-11-24-15/h1-6,11H,7-10,12H2,(H,19,22)/p+1. The normalized spacial score (nSPS) is 15.3. The van der Waals surface area contributed by atoms with Crippen molar-refractivity contribution in [3.8, 4) is 0 Å². The Hall–Kier alpha value is -2.31. The van der Waals surface area contributed by atoms with Crippen LogP contribution in [0.3, 0.4) is 0 Å². The summed E-state index contributed by atoms with van der Waals surface area (Å²) in [6, 6.07) is 10.5. The van der Waals surface area contributed by atoms with Crippen molar-refractivity contribution in [1.29, 1.82) is 0 Å². The lowest BCUT2D eigenvalue weighted by molar-refractivity contribution is -0.895. The summed E-state index contributed by atoms with van der Waals surface area (Å²) in [7, 11) is 0. The van der Waals surface area contributed by atoms with Gasteiger partial charge in [0.1, 0.15) is 0 Å². The van der Waals surface area contributed by atoms with Gasteiger partial charge in [0, 0.05) is 0 Å². The summed E-state index contributed by atoms with van der Waals surface area (Å²) >= 11 is 6.04. The monoisotopic (exact) mass is 348 g/mol. The van der Waals surface area contributed by atoms with Crippen LogP contribution in [-0.2, 0) is 4.79 Å². The van der Waals surface area contributed by atoms with E-state index in [1.165, 1.54) is 6.26 Å². The van der Waals surface area contributed by atoms with E-state index in [0.717, 1.165) is 18.0 Å². The van der Waals surface area contributed by atoms with E-state index in [-0.39, 0.29) is 11.8 Å². The summed E-state index contributed by atoms with van der Waals surface area (Å²) in [5.74, 6) is 0.179. The number of amides is 2. The fourth-order valence-corrected chi connectivity index (χ4v) is 2.93. The second-order valence-corrected chi connectivity index (χ2v) is 6.13. The minimum absolute atomic E-state index is 0.0797. The number of piperazine rings is 1. The highest BCUT2D eigenvalue weighted by Gasteiger charge is 2.27. The summed E-state index contributed by atoms with van der Waals surface area (Å²) in [6.07, 6.45) is 1.49. The molecule has 1 aliphatic rings. The zero-order valence-electron chi connectivity index (χ0n) is 13.1. The number of anilines is 1. The van der Waals surface area contributed by atoms with Gasteiger partial charge in [-0.25, -0.2) is 0 Å². The van der Waals surface area contributed by atoms with Crippen molar-refractivity contribution in [3.63, 3.8) is 0 Å². The molecule has 1 aromatic heterocycles. The van der Waals surface area contributed by atoms with Crippen LogP contribution in [0.2, 0.25) is 5.02 Å². The average molecular weight is 349 g/mol. The van der Waals surface area contributed by atoms with E-state index >= 15 is 0 Å². The SMILES string of the molecule is O=C(C[NH+]1CCN(C(=O)c2ccco2)CC1)Nc1ccccc1Cl. The van der Waals surface area contributed by atoms with E-state index in [0.29, 0.717) is 36.1 Å². The van der Waals surface area contributed by atoms with Gasteiger partial charge in [0.05, 0.1) is 43.2 Å². The molecule has 0 bridgehead atoms. The maximum atomic E-state index is 12.2. The number of carbonyl (C=O) groups is 2. The summed E-state index contributed by atoms with van der Waals surface area (Å²) in [5, 5.41) is 3.35. The number of benzene rings is 1. The number of carbonyl (C=O) groups excluding carboxylic acids is 2. The van der Waals surface area contributed by atoms with Gasteiger partial charge < -0.3 is 19.5 Å². The van der Waals surface area contributed by atoms with E-state index in [9.17, 15) is 9.59 Å². The second-order valence-electron chi connectivity index (χ2n) is 5.72. The van der Waals surface area contributed by atoms with E-state index in [1.807, 2.05) is 12.1 Å². The fraction of sp³-hybridized carbons (Fsp3) is 0.294. The molecule has 1 aromatic carbocycles. The van der Waals surface area contributed by atoms with E-state index in [1.54, 1.807) is 29.2 Å². The molecule has 24 heavy (non-hydrogen) atoms. The Bertz CT molecular complexity index is 710. The first kappa shape index (κ1) is 16.5. The largest absolute Gasteiger partial charge is 0.459 e. The Kier molecular flexibility index (Phi) is 5.17. The van der Waals surface area contributed by atoms with Crippen LogP contribution in [0.15, 0.2) is 47.1 Å². The van der Waals surface area contributed by atoms with Crippen molar-refractivity contribution in [2.75, 3.05) is 38.0 Å². The Balaban J connectivity index is 1.48. The summed E-state index contributed by atoms with van der Waals surface area (Å²) in [5.41, 5.74) is 0.621. The Morgan fingerprint density at radius 3 is 2.58 bits per heavy atom. The van der Waals surface area contributed by atoms with Crippen LogP contribution in [-0.4, -0.2) is 49.4 Å². The third-order valence-corrected chi connectivity index (χ3v) is 4.38. The zero-order valence-corrected chi connectivity index (χ0v) is 13.9. The van der Waals surface area contributed by atoms with Gasteiger partial charge >= 0.3 is 0 Å². The number of quaternary nitrogens is 1. The summed E-state index contributed by atoms with van der Waals surface area (Å²) in [6.45, 7) is 3.02. The first-order valence-electron chi connectivity index (χ1n) is 7.84. The molecule has 2 aromatic rings. The molecule has 3 rings (SSSR count). The highest BCUT2D eigenvalue weighted by molar-refractivity contribution is 6.33. The molecule has 7 heteroatoms. The summed E-state index contributed by atoms with van der Waals surface area (Å²) in [4.78, 5) is 27.2. The summed E-state index contributed by atoms with van der Waals surface area (Å²) < 4.78 is 5.14. The lowest BCUT2D eigenvalue weighted by Gasteiger charge is -2.31. The van der Waals surface area contributed by atoms with E-state index in [4.69, 9.17) is 16.0 Å². The Morgan fingerprint density at radius 2 is 1.92 bits per heavy atom. The molecule has 0 unspecified atom stereocenters. The minimum Gasteiger partial charge on any atom is -0.459 e. The minimum atomic E-state index is -0.0976. The lowest BCUT2D eigenvalue weighted by atomic mass is 10.2. The second kappa shape index (κ2) is 7.51. The molecule has 2 amide bonds. The van der Waals surface area contributed by atoms with Crippen molar-refractivity contribution in [3.05, 3.63) is 53.4 Å². The molecule has 126 valence electrons. The van der Waals surface area contributed by atoms with Crippen molar-refractivity contribution in [2.45, 2.75) is 0 Å². The van der Waals surface area contributed by atoms with Crippen LogP contribution in [0.1, 0.15) is 10.6 Å². The number of hydrogen-bond donors (Lipinski definition) is 2. The smallest absolute Gasteiger partial charge is 0.289 e. The van der Waals surface area contributed by atoms with Crippen LogP contribution in [0, 0.1) is 0 Å². The van der Waals surface area contributed by atoms with E-state index < -0.39 is 0 Å². The van der Waals surface area contributed by atoms with Crippen molar-refractivity contribution >= 4 is 29.1 Å². The zero-order chi connectivity index (χ0) is 16.9.